The molecule has 9 heteroatoms. The molecule has 0 fully saturated rings. The number of imidazole rings is 1. The fourth-order valence-electron chi connectivity index (χ4n) is 2.44. The Morgan fingerprint density at radius 3 is 2.35 bits per heavy atom. The Hall–Kier alpha value is -2.25. The summed E-state index contributed by atoms with van der Waals surface area (Å²) in [6.45, 7) is 0. The van der Waals surface area contributed by atoms with E-state index >= 15 is 0 Å². The van der Waals surface area contributed by atoms with Crippen molar-refractivity contribution < 1.29 is 13.2 Å². The van der Waals surface area contributed by atoms with Crippen molar-refractivity contribution in [3.63, 3.8) is 0 Å². The molecular weight excluding hydrogens is 388 g/mol. The van der Waals surface area contributed by atoms with Crippen LogP contribution in [0.5, 0.6) is 0 Å². The van der Waals surface area contributed by atoms with Crippen LogP contribution in [0.25, 0.3) is 0 Å². The molecule has 1 aromatic carbocycles. The minimum absolute atomic E-state index is 0.127. The van der Waals surface area contributed by atoms with Crippen LogP contribution in [0.4, 0.5) is 19.0 Å². The summed E-state index contributed by atoms with van der Waals surface area (Å²) in [4.78, 5) is 8.16. The molecular formula is C17H13Cl2F3N4. The number of anilines is 1. The van der Waals surface area contributed by atoms with E-state index in [-0.39, 0.29) is 10.8 Å². The summed E-state index contributed by atoms with van der Waals surface area (Å²) in [5.74, 6) is 0.771. The first-order valence-corrected chi connectivity index (χ1v) is 8.23. The summed E-state index contributed by atoms with van der Waals surface area (Å²) in [5, 5.41) is 3.50. The molecule has 1 unspecified atom stereocenters. The minimum Gasteiger partial charge on any atom is -0.355 e. The van der Waals surface area contributed by atoms with Crippen LogP contribution >= 0.6 is 23.2 Å². The lowest BCUT2D eigenvalue weighted by Crippen LogP contribution is -2.18. The van der Waals surface area contributed by atoms with Crippen LogP contribution in [-0.2, 0) is 13.2 Å². The highest BCUT2D eigenvalue weighted by Crippen LogP contribution is 2.34. The van der Waals surface area contributed by atoms with Crippen LogP contribution in [0.2, 0.25) is 10.0 Å². The highest BCUT2D eigenvalue weighted by Gasteiger charge is 2.32. The van der Waals surface area contributed by atoms with Gasteiger partial charge in [-0.15, -0.1) is 0 Å². The molecule has 0 saturated heterocycles. The van der Waals surface area contributed by atoms with Crippen molar-refractivity contribution >= 4 is 29.0 Å². The first kappa shape index (κ1) is 18.5. The average molecular weight is 401 g/mol. The highest BCUT2D eigenvalue weighted by atomic mass is 35.5. The zero-order valence-electron chi connectivity index (χ0n) is 13.4. The molecule has 0 aliphatic rings. The van der Waals surface area contributed by atoms with Crippen LogP contribution in [0.1, 0.15) is 23.0 Å². The van der Waals surface area contributed by atoms with Gasteiger partial charge in [0.1, 0.15) is 17.7 Å². The van der Waals surface area contributed by atoms with Gasteiger partial charge >= 0.3 is 6.18 Å². The topological polar surface area (TPSA) is 42.7 Å². The zero-order valence-corrected chi connectivity index (χ0v) is 14.9. The molecule has 3 aromatic rings. The third kappa shape index (κ3) is 3.94. The third-order valence-electron chi connectivity index (χ3n) is 3.77. The largest absolute Gasteiger partial charge is 0.417 e. The second-order valence-electron chi connectivity index (χ2n) is 5.58. The highest BCUT2D eigenvalue weighted by molar-refractivity contribution is 6.33. The summed E-state index contributed by atoms with van der Waals surface area (Å²) in [6.07, 6.45) is -0.376. The fourth-order valence-corrected chi connectivity index (χ4v) is 2.79. The molecule has 0 amide bonds. The van der Waals surface area contributed by atoms with Gasteiger partial charge in [-0.25, -0.2) is 9.97 Å². The number of pyridine rings is 1. The van der Waals surface area contributed by atoms with Crippen molar-refractivity contribution in [2.24, 2.45) is 7.05 Å². The van der Waals surface area contributed by atoms with Crippen LogP contribution < -0.4 is 5.32 Å². The summed E-state index contributed by atoms with van der Waals surface area (Å²) >= 11 is 12.0. The van der Waals surface area contributed by atoms with Gasteiger partial charge in [0.15, 0.2) is 0 Å². The Labute approximate surface area is 157 Å². The van der Waals surface area contributed by atoms with E-state index in [1.807, 2.05) is 7.05 Å². The molecule has 0 bridgehead atoms. The first-order valence-electron chi connectivity index (χ1n) is 7.47. The van der Waals surface area contributed by atoms with Gasteiger partial charge in [0, 0.05) is 30.7 Å². The van der Waals surface area contributed by atoms with Gasteiger partial charge in [-0.2, -0.15) is 13.2 Å². The molecule has 0 spiro atoms. The van der Waals surface area contributed by atoms with Crippen molar-refractivity contribution in [1.29, 1.82) is 0 Å². The van der Waals surface area contributed by atoms with Crippen molar-refractivity contribution in [3.8, 4) is 0 Å². The second-order valence-corrected chi connectivity index (χ2v) is 6.42. The van der Waals surface area contributed by atoms with Crippen molar-refractivity contribution in [2.75, 3.05) is 5.32 Å². The average Bonchev–Trinajstić information content (AvgIpc) is 3.00. The number of hydrogen-bond acceptors (Lipinski definition) is 3. The maximum absolute atomic E-state index is 12.8. The number of benzene rings is 1. The summed E-state index contributed by atoms with van der Waals surface area (Å²) < 4.78 is 40.2. The molecule has 0 saturated carbocycles. The second kappa shape index (κ2) is 7.17. The van der Waals surface area contributed by atoms with Crippen LogP contribution in [-0.4, -0.2) is 14.5 Å². The molecule has 4 nitrogen and oxygen atoms in total. The van der Waals surface area contributed by atoms with Gasteiger partial charge in [0.2, 0.25) is 0 Å². The molecule has 1 atom stereocenters. The number of nitrogens with one attached hydrogen (secondary N) is 1. The van der Waals surface area contributed by atoms with E-state index in [1.165, 1.54) is 0 Å². The summed E-state index contributed by atoms with van der Waals surface area (Å²) in [5.41, 5.74) is -0.102. The Morgan fingerprint density at radius 2 is 1.81 bits per heavy atom. The van der Waals surface area contributed by atoms with Gasteiger partial charge < -0.3 is 9.88 Å². The molecule has 26 heavy (non-hydrogen) atoms. The Kier molecular flexibility index (Phi) is 5.11. The van der Waals surface area contributed by atoms with Crippen LogP contribution in [0.15, 0.2) is 48.9 Å². The summed E-state index contributed by atoms with van der Waals surface area (Å²) in [6, 6.07) is 7.40. The number of aromatic nitrogens is 3. The van der Waals surface area contributed by atoms with Gasteiger partial charge in [-0.05, 0) is 23.8 Å². The SMILES string of the molecule is Cn1ccnc1C(Nc1ncc(C(F)(F)F)cc1Cl)c1ccc(Cl)cc1. The van der Waals surface area contributed by atoms with E-state index in [2.05, 4.69) is 15.3 Å². The molecule has 136 valence electrons. The van der Waals surface area contributed by atoms with Gasteiger partial charge in [0.05, 0.1) is 10.6 Å². The predicted octanol–water partition coefficient (Wildman–Crippen LogP) is 5.34. The molecule has 0 aliphatic carbocycles. The Morgan fingerprint density at radius 1 is 1.12 bits per heavy atom. The maximum atomic E-state index is 12.8. The summed E-state index contributed by atoms with van der Waals surface area (Å²) in [7, 11) is 1.81. The molecule has 1 N–H and O–H groups in total. The van der Waals surface area contributed by atoms with Crippen molar-refractivity contribution in [3.05, 3.63) is 75.9 Å². The number of rotatable bonds is 4. The third-order valence-corrected chi connectivity index (χ3v) is 4.31. The minimum atomic E-state index is -4.51. The molecule has 3 rings (SSSR count). The Balaban J connectivity index is 1.99. The zero-order chi connectivity index (χ0) is 18.9. The molecule has 2 heterocycles. The number of hydrogen-bond donors (Lipinski definition) is 1. The van der Waals surface area contributed by atoms with E-state index < -0.39 is 17.8 Å². The molecule has 0 aliphatic heterocycles. The normalized spacial score (nSPS) is 12.8. The lowest BCUT2D eigenvalue weighted by Gasteiger charge is -2.21. The standard InChI is InChI=1S/C17H13Cl2F3N4/c1-26-7-6-23-16(26)14(10-2-4-12(18)5-3-10)25-15-13(19)8-11(9-24-15)17(20,21)22/h2-9,14H,1H3,(H,24,25). The van der Waals surface area contributed by atoms with E-state index in [1.54, 1.807) is 41.2 Å². The first-order chi connectivity index (χ1) is 12.3. The fraction of sp³-hybridized carbons (Fsp3) is 0.176. The maximum Gasteiger partial charge on any atom is 0.417 e. The van der Waals surface area contributed by atoms with Crippen LogP contribution in [0.3, 0.4) is 0 Å². The number of aryl methyl sites for hydroxylation is 1. The van der Waals surface area contributed by atoms with Gasteiger partial charge in [-0.3, -0.25) is 0 Å². The monoisotopic (exact) mass is 400 g/mol. The number of halogens is 5. The quantitative estimate of drug-likeness (QED) is 0.642. The van der Waals surface area contributed by atoms with Crippen molar-refractivity contribution in [2.45, 2.75) is 12.2 Å². The predicted molar refractivity (Wildman–Crippen MR) is 94.4 cm³/mol. The molecule has 2 aromatic heterocycles. The number of nitrogens with zero attached hydrogens (tertiary/aromatic N) is 3. The lowest BCUT2D eigenvalue weighted by molar-refractivity contribution is -0.137. The van der Waals surface area contributed by atoms with E-state index in [0.29, 0.717) is 10.8 Å². The van der Waals surface area contributed by atoms with E-state index in [4.69, 9.17) is 23.2 Å². The Bertz CT molecular complexity index is 907. The smallest absolute Gasteiger partial charge is 0.355 e. The van der Waals surface area contributed by atoms with Crippen LogP contribution in [0, 0.1) is 0 Å². The van der Waals surface area contributed by atoms with Crippen molar-refractivity contribution in [1.82, 2.24) is 14.5 Å². The lowest BCUT2D eigenvalue weighted by atomic mass is 10.1. The van der Waals surface area contributed by atoms with E-state index in [0.717, 1.165) is 17.8 Å². The number of alkyl halides is 3. The molecule has 0 radical (unpaired) electrons. The van der Waals surface area contributed by atoms with Gasteiger partial charge in [-0.1, -0.05) is 35.3 Å². The van der Waals surface area contributed by atoms with Gasteiger partial charge in [0.25, 0.3) is 0 Å². The van der Waals surface area contributed by atoms with E-state index in [9.17, 15) is 13.2 Å².